The summed E-state index contributed by atoms with van der Waals surface area (Å²) >= 11 is 5.30. The summed E-state index contributed by atoms with van der Waals surface area (Å²) in [7, 11) is 0. The fourth-order valence-corrected chi connectivity index (χ4v) is 1.49. The van der Waals surface area contributed by atoms with Crippen LogP contribution in [0.1, 0.15) is 11.1 Å². The lowest BCUT2D eigenvalue weighted by atomic mass is 10.1. The van der Waals surface area contributed by atoms with Crippen LogP contribution >= 0.6 is 11.6 Å². The van der Waals surface area contributed by atoms with Crippen LogP contribution in [0.15, 0.2) is 0 Å². The molecule has 0 fully saturated rings. The first-order chi connectivity index (χ1) is 7.21. The van der Waals surface area contributed by atoms with E-state index in [2.05, 4.69) is 0 Å². The molecule has 0 atom stereocenters. The minimum atomic E-state index is -5.16. The molecule has 0 spiro atoms. The van der Waals surface area contributed by atoms with Crippen molar-refractivity contribution in [2.45, 2.75) is 13.1 Å². The molecule has 2 nitrogen and oxygen atoms in total. The van der Waals surface area contributed by atoms with Crippen molar-refractivity contribution in [1.29, 1.82) is 0 Å². The number of anilines is 1. The molecule has 0 aliphatic rings. The number of nitrogens with one attached hydrogen (secondary N) is 1. The van der Waals surface area contributed by atoms with Crippen molar-refractivity contribution < 1.29 is 22.0 Å². The van der Waals surface area contributed by atoms with E-state index in [9.17, 15) is 22.0 Å². The second-order valence-corrected chi connectivity index (χ2v) is 3.34. The highest BCUT2D eigenvalue weighted by atomic mass is 35.5. The first-order valence-corrected chi connectivity index (χ1v) is 4.30. The Morgan fingerprint density at radius 3 is 2.06 bits per heavy atom. The number of halogens is 6. The maximum Gasteiger partial charge on any atom is 0.422 e. The number of nitrogen functional groups attached to an aromatic ring is 1. The van der Waals surface area contributed by atoms with Gasteiger partial charge in [0.2, 0.25) is 0 Å². The second-order valence-electron chi connectivity index (χ2n) is 2.96. The third kappa shape index (κ3) is 1.92. The van der Waals surface area contributed by atoms with Crippen molar-refractivity contribution in [1.82, 2.24) is 0 Å². The monoisotopic (exact) mass is 260 g/mol. The standard InChI is InChI=1S/C8H6ClF5N2/c1-2-5(10)3(8(12,13)14)6(11)4(9)7(2)16-15/h16H,15H2,1H3. The summed E-state index contributed by atoms with van der Waals surface area (Å²) in [6.45, 7) is 1.01. The van der Waals surface area contributed by atoms with Crippen LogP contribution in [0.25, 0.3) is 0 Å². The summed E-state index contributed by atoms with van der Waals surface area (Å²) in [5.41, 5.74) is -1.09. The summed E-state index contributed by atoms with van der Waals surface area (Å²) in [6, 6.07) is 0. The zero-order valence-electron chi connectivity index (χ0n) is 7.85. The fraction of sp³-hybridized carbons (Fsp3) is 0.250. The molecule has 16 heavy (non-hydrogen) atoms. The van der Waals surface area contributed by atoms with Gasteiger partial charge in [0.05, 0.1) is 5.69 Å². The Balaban J connectivity index is 3.67. The zero-order valence-corrected chi connectivity index (χ0v) is 8.60. The van der Waals surface area contributed by atoms with Crippen LogP contribution < -0.4 is 11.3 Å². The molecule has 8 heteroatoms. The fourth-order valence-electron chi connectivity index (χ4n) is 1.20. The Morgan fingerprint density at radius 1 is 1.19 bits per heavy atom. The summed E-state index contributed by atoms with van der Waals surface area (Å²) in [4.78, 5) is 0. The molecule has 3 N–H and O–H groups in total. The highest BCUT2D eigenvalue weighted by Gasteiger charge is 2.40. The highest BCUT2D eigenvalue weighted by Crippen LogP contribution is 2.41. The Bertz CT molecular complexity index is 400. The SMILES string of the molecule is Cc1c(F)c(C(F)(F)F)c(F)c(Cl)c1NN. The predicted molar refractivity (Wildman–Crippen MR) is 48.9 cm³/mol. The number of nitrogens with two attached hydrogens (primary N) is 1. The van der Waals surface area contributed by atoms with Crippen molar-refractivity contribution in [2.24, 2.45) is 5.84 Å². The number of benzene rings is 1. The van der Waals surface area contributed by atoms with E-state index in [-0.39, 0.29) is 0 Å². The van der Waals surface area contributed by atoms with E-state index in [1.807, 2.05) is 5.43 Å². The molecule has 0 unspecified atom stereocenters. The lowest BCUT2D eigenvalue weighted by molar-refractivity contribution is -0.142. The van der Waals surface area contributed by atoms with E-state index in [1.54, 1.807) is 0 Å². The third-order valence-corrected chi connectivity index (χ3v) is 2.34. The predicted octanol–water partition coefficient (Wildman–Crippen LogP) is 3.23. The molecule has 1 aromatic carbocycles. The molecule has 90 valence electrons. The van der Waals surface area contributed by atoms with E-state index < -0.39 is 39.6 Å². The normalized spacial score (nSPS) is 11.8. The van der Waals surface area contributed by atoms with Crippen molar-refractivity contribution in [3.8, 4) is 0 Å². The first kappa shape index (κ1) is 13.0. The molecular weight excluding hydrogens is 255 g/mol. The molecule has 1 rings (SSSR count). The summed E-state index contributed by atoms with van der Waals surface area (Å²) in [5, 5.41) is -0.895. The van der Waals surface area contributed by atoms with Crippen molar-refractivity contribution in [3.05, 3.63) is 27.8 Å². The van der Waals surface area contributed by atoms with E-state index in [4.69, 9.17) is 17.4 Å². The molecule has 1 aromatic rings. The van der Waals surface area contributed by atoms with Crippen molar-refractivity contribution in [2.75, 3.05) is 5.43 Å². The van der Waals surface area contributed by atoms with Gasteiger partial charge in [-0.15, -0.1) is 0 Å². The number of hydrazine groups is 1. The van der Waals surface area contributed by atoms with Crippen LogP contribution in [-0.2, 0) is 6.18 Å². The maximum atomic E-state index is 13.3. The van der Waals surface area contributed by atoms with Crippen LogP contribution in [0.5, 0.6) is 0 Å². The van der Waals surface area contributed by atoms with Gasteiger partial charge in [-0.3, -0.25) is 5.84 Å². The molecule has 0 saturated heterocycles. The maximum absolute atomic E-state index is 13.3. The van der Waals surface area contributed by atoms with Crippen LogP contribution in [0.4, 0.5) is 27.6 Å². The van der Waals surface area contributed by atoms with Crippen molar-refractivity contribution >= 4 is 17.3 Å². The van der Waals surface area contributed by atoms with Crippen LogP contribution in [0.2, 0.25) is 5.02 Å². The number of hydrogen-bond acceptors (Lipinski definition) is 2. The summed E-state index contributed by atoms with van der Waals surface area (Å²) in [6.07, 6.45) is -5.16. The van der Waals surface area contributed by atoms with Gasteiger partial charge in [-0.25, -0.2) is 8.78 Å². The average molecular weight is 261 g/mol. The quantitative estimate of drug-likeness (QED) is 0.352. The second kappa shape index (κ2) is 4.06. The van der Waals surface area contributed by atoms with E-state index in [1.165, 1.54) is 0 Å². The molecular formula is C8H6ClF5N2. The first-order valence-electron chi connectivity index (χ1n) is 3.92. The number of hydrogen-bond donors (Lipinski definition) is 2. The highest BCUT2D eigenvalue weighted by molar-refractivity contribution is 6.33. The smallest absolute Gasteiger partial charge is 0.322 e. The van der Waals surface area contributed by atoms with Gasteiger partial charge in [-0.2, -0.15) is 13.2 Å². The van der Waals surface area contributed by atoms with Gasteiger partial charge < -0.3 is 5.43 Å². The van der Waals surface area contributed by atoms with Crippen LogP contribution in [0.3, 0.4) is 0 Å². The molecule has 0 amide bonds. The van der Waals surface area contributed by atoms with Crippen molar-refractivity contribution in [3.63, 3.8) is 0 Å². The minimum Gasteiger partial charge on any atom is -0.322 e. The largest absolute Gasteiger partial charge is 0.422 e. The molecule has 0 aromatic heterocycles. The minimum absolute atomic E-state index is 0.412. The lowest BCUT2D eigenvalue weighted by Crippen LogP contribution is -2.17. The molecule has 0 bridgehead atoms. The molecule has 0 heterocycles. The Hall–Kier alpha value is -1.08. The van der Waals surface area contributed by atoms with Gasteiger partial charge in [-0.05, 0) is 6.92 Å². The number of rotatable bonds is 1. The van der Waals surface area contributed by atoms with Crippen LogP contribution in [-0.4, -0.2) is 0 Å². The Kier molecular flexibility index (Phi) is 3.30. The van der Waals surface area contributed by atoms with E-state index in [0.29, 0.717) is 0 Å². The molecule has 0 aliphatic heterocycles. The molecule has 0 radical (unpaired) electrons. The molecule has 0 saturated carbocycles. The van der Waals surface area contributed by atoms with Gasteiger partial charge in [-0.1, -0.05) is 11.6 Å². The van der Waals surface area contributed by atoms with Gasteiger partial charge >= 0.3 is 6.18 Å². The summed E-state index contributed by atoms with van der Waals surface area (Å²) in [5.74, 6) is 1.28. The van der Waals surface area contributed by atoms with Gasteiger partial charge in [0, 0.05) is 5.56 Å². The number of alkyl halides is 3. The zero-order chi connectivity index (χ0) is 12.7. The van der Waals surface area contributed by atoms with Gasteiger partial charge in [0.1, 0.15) is 16.4 Å². The van der Waals surface area contributed by atoms with Crippen LogP contribution in [0, 0.1) is 18.6 Å². The van der Waals surface area contributed by atoms with Gasteiger partial charge in [0.25, 0.3) is 0 Å². The summed E-state index contributed by atoms with van der Waals surface area (Å²) < 4.78 is 63.4. The Labute approximate surface area is 92.2 Å². The molecule has 0 aliphatic carbocycles. The van der Waals surface area contributed by atoms with Gasteiger partial charge in [0.15, 0.2) is 5.82 Å². The third-order valence-electron chi connectivity index (χ3n) is 1.98. The average Bonchev–Trinajstić information content (AvgIpc) is 2.14. The van der Waals surface area contributed by atoms with E-state index in [0.717, 1.165) is 6.92 Å². The van der Waals surface area contributed by atoms with E-state index >= 15 is 0 Å². The lowest BCUT2D eigenvalue weighted by Gasteiger charge is -2.15. The Morgan fingerprint density at radius 2 is 1.69 bits per heavy atom. The topological polar surface area (TPSA) is 38.0 Å².